The highest BCUT2D eigenvalue weighted by atomic mass is 16.6. The van der Waals surface area contributed by atoms with E-state index in [2.05, 4.69) is 0 Å². The van der Waals surface area contributed by atoms with Gasteiger partial charge < -0.3 is 14.2 Å². The van der Waals surface area contributed by atoms with Crippen LogP contribution < -0.4 is 4.90 Å². The monoisotopic (exact) mass is 245 g/mol. The quantitative estimate of drug-likeness (QED) is 0.744. The van der Waals surface area contributed by atoms with Crippen molar-refractivity contribution in [3.8, 4) is 0 Å². The molecule has 2 fully saturated rings. The van der Waals surface area contributed by atoms with Gasteiger partial charge >= 0.3 is 7.12 Å². The van der Waals surface area contributed by atoms with Crippen LogP contribution in [0.5, 0.6) is 0 Å². The smallest absolute Gasteiger partial charge is 0.408 e. The van der Waals surface area contributed by atoms with Crippen molar-refractivity contribution in [3.63, 3.8) is 0 Å². The maximum Gasteiger partial charge on any atom is 0.470 e. The van der Waals surface area contributed by atoms with Gasteiger partial charge in [0.15, 0.2) is 0 Å². The van der Waals surface area contributed by atoms with E-state index in [-0.39, 0.29) is 18.8 Å². The first-order valence-electron chi connectivity index (χ1n) is 6.46. The summed E-state index contributed by atoms with van der Waals surface area (Å²) in [6.07, 6.45) is 1.85. The van der Waals surface area contributed by atoms with E-state index in [1.807, 2.05) is 35.2 Å². The number of para-hydroxylation sites is 1. The Morgan fingerprint density at radius 2 is 1.89 bits per heavy atom. The summed E-state index contributed by atoms with van der Waals surface area (Å²) in [5.74, 6) is -0.0270. The molecule has 0 aliphatic carbocycles. The summed E-state index contributed by atoms with van der Waals surface area (Å²) in [6.45, 7) is 1.98. The average Bonchev–Trinajstić information content (AvgIpc) is 2.94. The van der Waals surface area contributed by atoms with Crippen LogP contribution in [0.4, 0.5) is 5.69 Å². The summed E-state index contributed by atoms with van der Waals surface area (Å²) in [5, 5.41) is 0. The maximum atomic E-state index is 12.5. The number of benzene rings is 1. The lowest BCUT2D eigenvalue weighted by Gasteiger charge is -2.32. The molecule has 5 heteroatoms. The Labute approximate surface area is 107 Å². The zero-order valence-corrected chi connectivity index (χ0v) is 10.2. The summed E-state index contributed by atoms with van der Waals surface area (Å²) in [4.78, 5) is 14.3. The van der Waals surface area contributed by atoms with Gasteiger partial charge in [0.1, 0.15) is 0 Å². The van der Waals surface area contributed by atoms with Crippen molar-refractivity contribution >= 4 is 18.7 Å². The minimum absolute atomic E-state index is 0.124. The molecule has 0 spiro atoms. The Kier molecular flexibility index (Phi) is 3.34. The van der Waals surface area contributed by atoms with Crippen LogP contribution in [0.2, 0.25) is 5.82 Å². The molecule has 2 heterocycles. The van der Waals surface area contributed by atoms with E-state index >= 15 is 0 Å². The molecule has 1 amide bonds. The second-order valence-electron chi connectivity index (χ2n) is 4.68. The third-order valence-corrected chi connectivity index (χ3v) is 3.52. The molecule has 2 aliphatic heterocycles. The zero-order chi connectivity index (χ0) is 12.4. The molecule has 0 aromatic heterocycles. The SMILES string of the molecule is O=C1C(B2OCCO2)CCCN1c1ccccc1. The van der Waals surface area contributed by atoms with Gasteiger partial charge in [-0.2, -0.15) is 0 Å². The number of anilines is 1. The molecule has 0 N–H and O–H groups in total. The molecule has 1 atom stereocenters. The fourth-order valence-corrected chi connectivity index (χ4v) is 2.63. The minimum Gasteiger partial charge on any atom is -0.408 e. The molecule has 1 unspecified atom stereocenters. The molecule has 0 radical (unpaired) electrons. The van der Waals surface area contributed by atoms with Gasteiger partial charge in [-0.05, 0) is 25.0 Å². The van der Waals surface area contributed by atoms with E-state index in [0.717, 1.165) is 25.1 Å². The van der Waals surface area contributed by atoms with E-state index in [4.69, 9.17) is 9.31 Å². The van der Waals surface area contributed by atoms with Crippen molar-refractivity contribution in [3.05, 3.63) is 30.3 Å². The molecule has 2 aliphatic rings. The Morgan fingerprint density at radius 1 is 1.17 bits per heavy atom. The number of carbonyl (C=O) groups is 1. The van der Waals surface area contributed by atoms with Gasteiger partial charge in [-0.1, -0.05) is 18.2 Å². The number of carbonyl (C=O) groups excluding carboxylic acids is 1. The highest BCUT2D eigenvalue weighted by molar-refractivity contribution is 6.53. The predicted octanol–water partition coefficient (Wildman–Crippen LogP) is 1.72. The molecule has 3 rings (SSSR count). The summed E-state index contributed by atoms with van der Waals surface area (Å²) >= 11 is 0. The number of rotatable bonds is 2. The van der Waals surface area contributed by atoms with Crippen molar-refractivity contribution in [1.82, 2.24) is 0 Å². The van der Waals surface area contributed by atoms with Crippen LogP contribution >= 0.6 is 0 Å². The van der Waals surface area contributed by atoms with Crippen molar-refractivity contribution in [2.45, 2.75) is 18.7 Å². The van der Waals surface area contributed by atoms with E-state index in [9.17, 15) is 4.79 Å². The van der Waals surface area contributed by atoms with Crippen LogP contribution in [0, 0.1) is 0 Å². The van der Waals surface area contributed by atoms with Gasteiger partial charge in [0.25, 0.3) is 0 Å². The number of hydrogen-bond donors (Lipinski definition) is 0. The molecule has 94 valence electrons. The number of nitrogens with zero attached hydrogens (tertiary/aromatic N) is 1. The second kappa shape index (κ2) is 5.12. The number of amides is 1. The Morgan fingerprint density at radius 3 is 2.61 bits per heavy atom. The first-order valence-corrected chi connectivity index (χ1v) is 6.46. The fraction of sp³-hybridized carbons (Fsp3) is 0.462. The van der Waals surface area contributed by atoms with Gasteiger partial charge in [0.05, 0.1) is 19.0 Å². The second-order valence-corrected chi connectivity index (χ2v) is 4.68. The van der Waals surface area contributed by atoms with Gasteiger partial charge in [-0.25, -0.2) is 0 Å². The first kappa shape index (κ1) is 11.7. The van der Waals surface area contributed by atoms with Crippen LogP contribution in [0.3, 0.4) is 0 Å². The lowest BCUT2D eigenvalue weighted by Crippen LogP contribution is -2.44. The molecule has 0 bridgehead atoms. The molecule has 4 nitrogen and oxygen atoms in total. The highest BCUT2D eigenvalue weighted by Crippen LogP contribution is 2.31. The van der Waals surface area contributed by atoms with Crippen LogP contribution in [0.1, 0.15) is 12.8 Å². The first-order chi connectivity index (χ1) is 8.86. The van der Waals surface area contributed by atoms with Gasteiger partial charge in [-0.3, -0.25) is 4.79 Å². The highest BCUT2D eigenvalue weighted by Gasteiger charge is 2.42. The van der Waals surface area contributed by atoms with Crippen molar-refractivity contribution < 1.29 is 14.1 Å². The van der Waals surface area contributed by atoms with Gasteiger partial charge in [0.2, 0.25) is 5.91 Å². The minimum atomic E-state index is -0.344. The Hall–Kier alpha value is -1.33. The van der Waals surface area contributed by atoms with Gasteiger partial charge in [-0.15, -0.1) is 0 Å². The Balaban J connectivity index is 1.78. The normalized spacial score (nSPS) is 24.7. The summed E-state index contributed by atoms with van der Waals surface area (Å²) < 4.78 is 11.0. The molecular formula is C13H16BNO3. The van der Waals surface area contributed by atoms with Crippen LogP contribution in [-0.4, -0.2) is 32.8 Å². The fourth-order valence-electron chi connectivity index (χ4n) is 2.63. The largest absolute Gasteiger partial charge is 0.470 e. The van der Waals surface area contributed by atoms with Gasteiger partial charge in [0, 0.05) is 12.2 Å². The predicted molar refractivity (Wildman–Crippen MR) is 69.4 cm³/mol. The standard InChI is InChI=1S/C13H16BNO3/c16-13-12(14-17-9-10-18-14)7-4-8-15(13)11-5-2-1-3-6-11/h1-3,5-6,12H,4,7-10H2. The summed E-state index contributed by atoms with van der Waals surface area (Å²) in [5.41, 5.74) is 0.963. The van der Waals surface area contributed by atoms with E-state index in [0.29, 0.717) is 13.2 Å². The topological polar surface area (TPSA) is 38.8 Å². The molecule has 18 heavy (non-hydrogen) atoms. The van der Waals surface area contributed by atoms with Crippen molar-refractivity contribution in [1.29, 1.82) is 0 Å². The third kappa shape index (κ3) is 2.16. The number of hydrogen-bond acceptors (Lipinski definition) is 3. The lowest BCUT2D eigenvalue weighted by molar-refractivity contribution is -0.120. The third-order valence-electron chi connectivity index (χ3n) is 3.52. The van der Waals surface area contributed by atoms with E-state index in [1.165, 1.54) is 0 Å². The molecule has 1 aromatic carbocycles. The molecule has 0 saturated carbocycles. The molecule has 2 saturated heterocycles. The molecule has 1 aromatic rings. The van der Waals surface area contributed by atoms with Crippen LogP contribution in [0.15, 0.2) is 30.3 Å². The maximum absolute atomic E-state index is 12.5. The molecular weight excluding hydrogens is 229 g/mol. The van der Waals surface area contributed by atoms with Crippen LogP contribution in [-0.2, 0) is 14.1 Å². The van der Waals surface area contributed by atoms with E-state index in [1.54, 1.807) is 0 Å². The summed E-state index contributed by atoms with van der Waals surface area (Å²) in [6, 6.07) is 9.80. The Bertz CT molecular complexity index is 420. The number of piperidine rings is 1. The van der Waals surface area contributed by atoms with Crippen LogP contribution in [0.25, 0.3) is 0 Å². The van der Waals surface area contributed by atoms with Crippen molar-refractivity contribution in [2.75, 3.05) is 24.7 Å². The average molecular weight is 245 g/mol. The van der Waals surface area contributed by atoms with E-state index < -0.39 is 0 Å². The summed E-state index contributed by atoms with van der Waals surface area (Å²) in [7, 11) is -0.344. The van der Waals surface area contributed by atoms with Crippen molar-refractivity contribution in [2.24, 2.45) is 0 Å². The zero-order valence-electron chi connectivity index (χ0n) is 10.2. The lowest BCUT2D eigenvalue weighted by atomic mass is 9.67.